The van der Waals surface area contributed by atoms with Crippen molar-refractivity contribution in [2.45, 2.75) is 12.3 Å². The highest BCUT2D eigenvalue weighted by Crippen LogP contribution is 2.44. The predicted octanol–water partition coefficient (Wildman–Crippen LogP) is 12.1. The van der Waals surface area contributed by atoms with Crippen molar-refractivity contribution in [3.63, 3.8) is 0 Å². The number of hydrogen-bond donors (Lipinski definition) is 2. The lowest BCUT2D eigenvalue weighted by molar-refractivity contribution is 0.409. The summed E-state index contributed by atoms with van der Waals surface area (Å²) in [7, 11) is 0. The Kier molecular flexibility index (Phi) is 7.03. The number of para-hydroxylation sites is 3. The van der Waals surface area contributed by atoms with Gasteiger partial charge in [-0.05, 0) is 65.7 Å². The molecule has 2 unspecified atom stereocenters. The molecule has 6 heteroatoms. The van der Waals surface area contributed by atoms with Gasteiger partial charge in [0, 0.05) is 49.3 Å². The summed E-state index contributed by atoms with van der Waals surface area (Å²) in [6.45, 7) is 0. The Morgan fingerprint density at radius 3 is 1.95 bits per heavy atom. The average molecular weight is 734 g/mol. The first-order chi connectivity index (χ1) is 28.3. The zero-order chi connectivity index (χ0) is 37.5. The van der Waals surface area contributed by atoms with Crippen LogP contribution >= 0.6 is 0 Å². The lowest BCUT2D eigenvalue weighted by Crippen LogP contribution is -2.44. The Labute approximate surface area is 327 Å². The van der Waals surface area contributed by atoms with E-state index in [1.165, 1.54) is 27.2 Å². The molecule has 270 valence electrons. The van der Waals surface area contributed by atoms with Crippen molar-refractivity contribution in [3.8, 4) is 11.4 Å². The van der Waals surface area contributed by atoms with E-state index < -0.39 is 0 Å². The van der Waals surface area contributed by atoms with Gasteiger partial charge in [-0.15, -0.1) is 0 Å². The molecule has 2 atom stereocenters. The molecule has 8 aromatic carbocycles. The third-order valence-corrected chi connectivity index (χ3v) is 11.6. The second-order valence-electron chi connectivity index (χ2n) is 14.8. The first kappa shape index (κ1) is 31.9. The van der Waals surface area contributed by atoms with E-state index >= 15 is 0 Å². The summed E-state index contributed by atoms with van der Waals surface area (Å²) >= 11 is 0. The number of benzene rings is 8. The summed E-state index contributed by atoms with van der Waals surface area (Å²) in [4.78, 5) is 5.22. The van der Waals surface area contributed by atoms with E-state index in [-0.39, 0.29) is 12.3 Å². The van der Waals surface area contributed by atoms with Gasteiger partial charge in [0.05, 0.1) is 22.1 Å². The molecule has 0 aliphatic carbocycles. The van der Waals surface area contributed by atoms with Crippen LogP contribution in [0.15, 0.2) is 197 Å². The molecule has 4 heterocycles. The average Bonchev–Trinajstić information content (AvgIpc) is 3.93. The highest BCUT2D eigenvalue weighted by molar-refractivity contribution is 6.28. The molecular weight excluding hydrogens is 699 g/mol. The van der Waals surface area contributed by atoms with Gasteiger partial charge in [-0.25, -0.2) is 4.99 Å². The van der Waals surface area contributed by atoms with Crippen LogP contribution in [-0.4, -0.2) is 15.0 Å². The molecule has 0 fully saturated rings. The quantitative estimate of drug-likeness (QED) is 0.185. The van der Waals surface area contributed by atoms with Crippen LogP contribution in [0.2, 0.25) is 0 Å². The van der Waals surface area contributed by atoms with Crippen LogP contribution in [0.25, 0.3) is 76.9 Å². The minimum atomic E-state index is -0.253. The van der Waals surface area contributed by atoms with Gasteiger partial charge in [0.25, 0.3) is 0 Å². The molecule has 57 heavy (non-hydrogen) atoms. The van der Waals surface area contributed by atoms with E-state index in [2.05, 4.69) is 196 Å². The van der Waals surface area contributed by atoms with Crippen LogP contribution in [0.5, 0.6) is 0 Å². The second kappa shape index (κ2) is 12.6. The number of aliphatic imine (C=N–C) groups is 1. The number of fused-ring (bicyclic) bond motifs is 10. The van der Waals surface area contributed by atoms with Crippen molar-refractivity contribution < 1.29 is 4.42 Å². The molecular formula is C51H35N5O. The molecule has 1 aliphatic heterocycles. The number of nitrogens with one attached hydrogen (secondary N) is 2. The maximum absolute atomic E-state index is 6.53. The van der Waals surface area contributed by atoms with E-state index in [0.717, 1.165) is 72.3 Å². The van der Waals surface area contributed by atoms with Crippen LogP contribution in [-0.2, 0) is 0 Å². The van der Waals surface area contributed by atoms with Gasteiger partial charge in [0.1, 0.15) is 29.3 Å². The van der Waals surface area contributed by atoms with Crippen LogP contribution in [0, 0.1) is 0 Å². The standard InChI is InChI=1S/C51H35N5O/c1-4-14-32(15-5-1)49-52-50(33-16-6-2-7-17-33)54-51(53-49)34-24-26-36(27-25-34)55-43-29-28-39-37-20-10-12-22-42(37)56(35-18-8-3-9-19-35)48(39)47(43)41-31-46-40(30-44(41)55)38-21-11-13-23-45(38)57-46/h1-31,49,51,53H,(H,52,54). The maximum Gasteiger partial charge on any atom is 0.136 e. The first-order valence-electron chi connectivity index (χ1n) is 19.4. The topological polar surface area (TPSA) is 59.4 Å². The van der Waals surface area contributed by atoms with Crippen LogP contribution in [0.4, 0.5) is 0 Å². The number of rotatable bonds is 5. The monoisotopic (exact) mass is 733 g/mol. The van der Waals surface area contributed by atoms with Gasteiger partial charge >= 0.3 is 0 Å². The van der Waals surface area contributed by atoms with Gasteiger partial charge in [-0.1, -0.05) is 133 Å². The molecule has 12 rings (SSSR count). The number of furan rings is 1. The molecule has 0 bridgehead atoms. The summed E-state index contributed by atoms with van der Waals surface area (Å²) in [5.74, 6) is 0.869. The number of nitrogens with zero attached hydrogens (tertiary/aromatic N) is 3. The SMILES string of the molecule is c1ccc(C2=NC(c3ccc(-n4c5cc6c(cc5c5c4ccc4c7ccccc7n(-c7ccccc7)c45)oc4ccccc46)cc3)NC(c3ccccc3)N2)cc1. The van der Waals surface area contributed by atoms with E-state index in [0.29, 0.717) is 0 Å². The van der Waals surface area contributed by atoms with Gasteiger partial charge in [0.15, 0.2) is 0 Å². The third-order valence-electron chi connectivity index (χ3n) is 11.6. The largest absolute Gasteiger partial charge is 0.456 e. The molecule has 0 spiro atoms. The Morgan fingerprint density at radius 2 is 1.14 bits per heavy atom. The smallest absolute Gasteiger partial charge is 0.136 e. The Balaban J connectivity index is 1.09. The highest BCUT2D eigenvalue weighted by atomic mass is 16.3. The summed E-state index contributed by atoms with van der Waals surface area (Å²) in [5, 5.41) is 14.4. The molecule has 0 radical (unpaired) electrons. The van der Waals surface area contributed by atoms with Gasteiger partial charge < -0.3 is 18.9 Å². The van der Waals surface area contributed by atoms with E-state index in [4.69, 9.17) is 9.41 Å². The van der Waals surface area contributed by atoms with E-state index in [9.17, 15) is 0 Å². The zero-order valence-electron chi connectivity index (χ0n) is 30.8. The summed E-state index contributed by atoms with van der Waals surface area (Å²) in [6, 6.07) is 66.7. The Hall–Kier alpha value is -7.41. The minimum Gasteiger partial charge on any atom is -0.456 e. The van der Waals surface area contributed by atoms with E-state index in [1.54, 1.807) is 0 Å². The summed E-state index contributed by atoms with van der Waals surface area (Å²) in [6.07, 6.45) is -0.358. The molecule has 3 aromatic heterocycles. The zero-order valence-corrected chi connectivity index (χ0v) is 30.8. The van der Waals surface area contributed by atoms with Crippen LogP contribution < -0.4 is 10.6 Å². The molecule has 11 aromatic rings. The first-order valence-corrected chi connectivity index (χ1v) is 19.4. The van der Waals surface area contributed by atoms with Gasteiger partial charge in [-0.3, -0.25) is 5.32 Å². The third kappa shape index (κ3) is 4.98. The summed E-state index contributed by atoms with van der Waals surface area (Å²) in [5.41, 5.74) is 11.9. The lowest BCUT2D eigenvalue weighted by atomic mass is 10.1. The van der Waals surface area contributed by atoms with Crippen molar-refractivity contribution in [1.29, 1.82) is 0 Å². The maximum atomic E-state index is 6.53. The number of amidine groups is 1. The van der Waals surface area contributed by atoms with Crippen molar-refractivity contribution >= 4 is 71.4 Å². The molecule has 1 aliphatic rings. The minimum absolute atomic E-state index is 0.105. The van der Waals surface area contributed by atoms with Crippen LogP contribution in [0.1, 0.15) is 29.0 Å². The fourth-order valence-corrected chi connectivity index (χ4v) is 8.99. The van der Waals surface area contributed by atoms with Gasteiger partial charge in [0.2, 0.25) is 0 Å². The van der Waals surface area contributed by atoms with Crippen molar-refractivity contribution in [3.05, 3.63) is 205 Å². The molecule has 0 saturated heterocycles. The molecule has 0 saturated carbocycles. The molecule has 2 N–H and O–H groups in total. The Bertz CT molecular complexity index is 3340. The van der Waals surface area contributed by atoms with E-state index in [1.807, 2.05) is 12.1 Å². The number of aromatic nitrogens is 2. The molecule has 0 amide bonds. The normalized spacial score (nSPS) is 15.9. The molecule has 6 nitrogen and oxygen atoms in total. The Morgan fingerprint density at radius 1 is 0.456 bits per heavy atom. The fourth-order valence-electron chi connectivity index (χ4n) is 8.99. The highest BCUT2D eigenvalue weighted by Gasteiger charge is 2.26. The van der Waals surface area contributed by atoms with Crippen LogP contribution in [0.3, 0.4) is 0 Å². The van der Waals surface area contributed by atoms with Gasteiger partial charge in [-0.2, -0.15) is 0 Å². The van der Waals surface area contributed by atoms with Crippen molar-refractivity contribution in [2.75, 3.05) is 0 Å². The fraction of sp³-hybridized carbons (Fsp3) is 0.0392. The predicted molar refractivity (Wildman–Crippen MR) is 234 cm³/mol. The summed E-state index contributed by atoms with van der Waals surface area (Å²) < 4.78 is 11.4. The second-order valence-corrected chi connectivity index (χ2v) is 14.8. The number of hydrogen-bond acceptors (Lipinski definition) is 4. The van der Waals surface area contributed by atoms with Crippen molar-refractivity contribution in [1.82, 2.24) is 19.8 Å². The lowest BCUT2D eigenvalue weighted by Gasteiger charge is -2.32. The van der Waals surface area contributed by atoms with Crippen molar-refractivity contribution in [2.24, 2.45) is 4.99 Å².